The fourth-order valence-electron chi connectivity index (χ4n) is 2.19. The van der Waals surface area contributed by atoms with Gasteiger partial charge < -0.3 is 15.2 Å². The SMILES string of the molecule is CC(C)(C)/C(O)=C/C(=N)NC(=O)C(C)(C)S(=O)(=O)C1CCOCC1. The van der Waals surface area contributed by atoms with Gasteiger partial charge in [0.25, 0.3) is 0 Å². The molecule has 7 nitrogen and oxygen atoms in total. The van der Waals surface area contributed by atoms with Gasteiger partial charge in [-0.1, -0.05) is 20.8 Å². The van der Waals surface area contributed by atoms with Crippen molar-refractivity contribution >= 4 is 21.6 Å². The second-order valence-corrected chi connectivity index (χ2v) is 10.3. The quantitative estimate of drug-likeness (QED) is 0.402. The standard InChI is InChI=1S/C16H28N2O5S/c1-15(2,3)12(19)10-13(17)18-14(20)16(4,5)24(21,22)11-6-8-23-9-7-11/h10-11,19H,6-9H2,1-5H3,(H2,17,18,20)/b12-10-. The van der Waals surface area contributed by atoms with Crippen molar-refractivity contribution in [1.29, 1.82) is 5.41 Å². The molecule has 0 bridgehead atoms. The highest BCUT2D eigenvalue weighted by Gasteiger charge is 2.46. The molecule has 8 heteroatoms. The minimum absolute atomic E-state index is 0.0714. The van der Waals surface area contributed by atoms with E-state index in [0.717, 1.165) is 6.08 Å². The van der Waals surface area contributed by atoms with Gasteiger partial charge in [0, 0.05) is 24.7 Å². The predicted molar refractivity (Wildman–Crippen MR) is 92.9 cm³/mol. The van der Waals surface area contributed by atoms with Gasteiger partial charge in [0.05, 0.1) is 5.25 Å². The van der Waals surface area contributed by atoms with E-state index in [0.29, 0.717) is 26.1 Å². The number of rotatable bonds is 4. The molecule has 1 fully saturated rings. The largest absolute Gasteiger partial charge is 0.512 e. The molecule has 1 saturated heterocycles. The molecule has 1 heterocycles. The van der Waals surface area contributed by atoms with E-state index in [1.807, 2.05) is 0 Å². The van der Waals surface area contributed by atoms with Crippen molar-refractivity contribution in [2.75, 3.05) is 13.2 Å². The Hall–Kier alpha value is -1.41. The molecule has 0 atom stereocenters. The number of nitrogens with one attached hydrogen (secondary N) is 2. The first-order valence-electron chi connectivity index (χ1n) is 7.92. The molecule has 0 spiro atoms. The summed E-state index contributed by atoms with van der Waals surface area (Å²) in [4.78, 5) is 12.4. The van der Waals surface area contributed by atoms with Crippen molar-refractivity contribution in [2.45, 2.75) is 57.5 Å². The fourth-order valence-corrected chi connectivity index (χ4v) is 4.15. The number of hydrogen-bond acceptors (Lipinski definition) is 6. The summed E-state index contributed by atoms with van der Waals surface area (Å²) in [6.07, 6.45) is 1.84. The molecule has 0 aromatic rings. The van der Waals surface area contributed by atoms with Gasteiger partial charge in [-0.05, 0) is 26.7 Å². The Balaban J connectivity index is 2.90. The maximum atomic E-state index is 12.8. The van der Waals surface area contributed by atoms with Crippen LogP contribution >= 0.6 is 0 Å². The Labute approximate surface area is 143 Å². The molecule has 0 radical (unpaired) electrons. The first kappa shape index (κ1) is 20.6. The number of allylic oxidation sites excluding steroid dienone is 1. The predicted octanol–water partition coefficient (Wildman–Crippen LogP) is 1.94. The lowest BCUT2D eigenvalue weighted by atomic mass is 9.93. The fraction of sp³-hybridized carbons (Fsp3) is 0.750. The van der Waals surface area contributed by atoms with Gasteiger partial charge in [-0.2, -0.15) is 0 Å². The van der Waals surface area contributed by atoms with Crippen LogP contribution in [0.15, 0.2) is 11.8 Å². The third kappa shape index (κ3) is 4.57. The molecule has 0 saturated carbocycles. The number of aliphatic hydroxyl groups is 1. The van der Waals surface area contributed by atoms with Crippen molar-refractivity contribution in [2.24, 2.45) is 5.41 Å². The Bertz CT molecular complexity index is 623. The van der Waals surface area contributed by atoms with E-state index in [1.165, 1.54) is 13.8 Å². The van der Waals surface area contributed by atoms with E-state index in [9.17, 15) is 18.3 Å². The summed E-state index contributed by atoms with van der Waals surface area (Å²) in [6, 6.07) is 0. The van der Waals surface area contributed by atoms with E-state index in [2.05, 4.69) is 5.32 Å². The average molecular weight is 360 g/mol. The maximum absolute atomic E-state index is 12.8. The van der Waals surface area contributed by atoms with Crippen molar-refractivity contribution in [1.82, 2.24) is 5.32 Å². The van der Waals surface area contributed by atoms with E-state index in [1.54, 1.807) is 20.8 Å². The van der Waals surface area contributed by atoms with Crippen LogP contribution in [0.5, 0.6) is 0 Å². The molecule has 24 heavy (non-hydrogen) atoms. The van der Waals surface area contributed by atoms with Gasteiger partial charge in [-0.3, -0.25) is 10.2 Å². The summed E-state index contributed by atoms with van der Waals surface area (Å²) in [5.74, 6) is -1.20. The topological polar surface area (TPSA) is 117 Å². The Kier molecular flexibility index (Phi) is 6.21. The molecular weight excluding hydrogens is 332 g/mol. The minimum Gasteiger partial charge on any atom is -0.512 e. The second-order valence-electron chi connectivity index (χ2n) is 7.51. The lowest BCUT2D eigenvalue weighted by Gasteiger charge is -2.31. The Morgan fingerprint density at radius 3 is 2.17 bits per heavy atom. The third-order valence-corrected chi connectivity index (χ3v) is 7.12. The van der Waals surface area contributed by atoms with Gasteiger partial charge in [-0.15, -0.1) is 0 Å². The average Bonchev–Trinajstić information content (AvgIpc) is 2.46. The summed E-state index contributed by atoms with van der Waals surface area (Å²) in [5.41, 5.74) is -0.569. The second kappa shape index (κ2) is 7.23. The molecular formula is C16H28N2O5S. The number of amidine groups is 1. The van der Waals surface area contributed by atoms with Crippen LogP contribution in [0, 0.1) is 10.8 Å². The number of carbonyl (C=O) groups is 1. The van der Waals surface area contributed by atoms with Crippen LogP contribution in [-0.4, -0.2) is 48.5 Å². The smallest absolute Gasteiger partial charge is 0.246 e. The van der Waals surface area contributed by atoms with E-state index in [-0.39, 0.29) is 11.6 Å². The molecule has 0 aromatic heterocycles. The van der Waals surface area contributed by atoms with Crippen LogP contribution in [0.1, 0.15) is 47.5 Å². The van der Waals surface area contributed by atoms with Crippen molar-refractivity contribution in [3.05, 3.63) is 11.8 Å². The molecule has 0 aromatic carbocycles. The maximum Gasteiger partial charge on any atom is 0.246 e. The zero-order chi connectivity index (χ0) is 18.8. The lowest BCUT2D eigenvalue weighted by Crippen LogP contribution is -2.53. The van der Waals surface area contributed by atoms with Crippen LogP contribution < -0.4 is 5.32 Å². The monoisotopic (exact) mass is 360 g/mol. The van der Waals surface area contributed by atoms with Gasteiger partial charge in [0.2, 0.25) is 5.91 Å². The summed E-state index contributed by atoms with van der Waals surface area (Å²) in [5, 5.41) is 19.3. The van der Waals surface area contributed by atoms with Crippen molar-refractivity contribution in [3.63, 3.8) is 0 Å². The van der Waals surface area contributed by atoms with Gasteiger partial charge in [0.15, 0.2) is 9.84 Å². The lowest BCUT2D eigenvalue weighted by molar-refractivity contribution is -0.121. The van der Waals surface area contributed by atoms with Crippen LogP contribution in [0.25, 0.3) is 0 Å². The summed E-state index contributed by atoms with van der Waals surface area (Å²) in [6.45, 7) is 8.68. The molecule has 1 amide bonds. The third-order valence-electron chi connectivity index (χ3n) is 4.16. The van der Waals surface area contributed by atoms with Crippen molar-refractivity contribution < 1.29 is 23.1 Å². The zero-order valence-electron chi connectivity index (χ0n) is 15.0. The first-order chi connectivity index (χ1) is 10.8. The normalized spacial score (nSPS) is 18.3. The molecule has 1 aliphatic heterocycles. The molecule has 3 N–H and O–H groups in total. The summed E-state index contributed by atoms with van der Waals surface area (Å²) >= 11 is 0. The van der Waals surface area contributed by atoms with Gasteiger partial charge >= 0.3 is 0 Å². The van der Waals surface area contributed by atoms with Crippen molar-refractivity contribution in [3.8, 4) is 0 Å². The molecule has 138 valence electrons. The number of carbonyl (C=O) groups excluding carboxylic acids is 1. The van der Waals surface area contributed by atoms with E-state index >= 15 is 0 Å². The van der Waals surface area contributed by atoms with E-state index < -0.39 is 31.2 Å². The van der Waals surface area contributed by atoms with Gasteiger partial charge in [-0.25, -0.2) is 8.42 Å². The minimum atomic E-state index is -3.74. The Morgan fingerprint density at radius 2 is 1.71 bits per heavy atom. The number of hydrogen-bond donors (Lipinski definition) is 3. The molecule has 1 aliphatic rings. The van der Waals surface area contributed by atoms with Gasteiger partial charge in [0.1, 0.15) is 16.3 Å². The van der Waals surface area contributed by atoms with Crippen LogP contribution in [-0.2, 0) is 19.4 Å². The molecule has 0 unspecified atom stereocenters. The first-order valence-corrected chi connectivity index (χ1v) is 9.47. The van der Waals surface area contributed by atoms with Crippen LogP contribution in [0.4, 0.5) is 0 Å². The van der Waals surface area contributed by atoms with Crippen LogP contribution in [0.2, 0.25) is 0 Å². The zero-order valence-corrected chi connectivity index (χ0v) is 15.8. The number of ether oxygens (including phenoxy) is 1. The summed E-state index contributed by atoms with van der Waals surface area (Å²) < 4.78 is 29.0. The Morgan fingerprint density at radius 1 is 1.21 bits per heavy atom. The number of amides is 1. The molecule has 0 aliphatic carbocycles. The van der Waals surface area contributed by atoms with E-state index in [4.69, 9.17) is 10.1 Å². The molecule has 1 rings (SSSR count). The van der Waals surface area contributed by atoms with Crippen LogP contribution in [0.3, 0.4) is 0 Å². The highest BCUT2D eigenvalue weighted by molar-refractivity contribution is 7.94. The number of sulfone groups is 1. The summed E-state index contributed by atoms with van der Waals surface area (Å²) in [7, 11) is -3.74. The highest BCUT2D eigenvalue weighted by Crippen LogP contribution is 2.28. The highest BCUT2D eigenvalue weighted by atomic mass is 32.2. The number of aliphatic hydroxyl groups excluding tert-OH is 1.